The molecule has 0 bridgehead atoms. The van der Waals surface area contributed by atoms with Gasteiger partial charge >= 0.3 is 5.97 Å². The second-order valence-electron chi connectivity index (χ2n) is 4.38. The number of amides is 2. The summed E-state index contributed by atoms with van der Waals surface area (Å²) in [5.41, 5.74) is 6.44. The molecule has 1 atom stereocenters. The molecule has 0 aliphatic rings. The first kappa shape index (κ1) is 17.5. The fourth-order valence-corrected chi connectivity index (χ4v) is 1.62. The number of rotatable bonds is 5. The molecule has 118 valence electrons. The van der Waals surface area contributed by atoms with Crippen molar-refractivity contribution in [2.45, 2.75) is 12.5 Å². The lowest BCUT2D eigenvalue weighted by molar-refractivity contribution is -0.130. The number of phenolic OH excluding ortho intramolecular Hbond substituents is 1. The smallest absolute Gasteiger partial charge is 0.363 e. The van der Waals surface area contributed by atoms with Gasteiger partial charge in [-0.1, -0.05) is 24.4 Å². The molecule has 0 heterocycles. The van der Waals surface area contributed by atoms with Crippen molar-refractivity contribution in [3.63, 3.8) is 0 Å². The summed E-state index contributed by atoms with van der Waals surface area (Å²) < 4.78 is 0. The summed E-state index contributed by atoms with van der Waals surface area (Å²) >= 11 is 4.39. The van der Waals surface area contributed by atoms with Gasteiger partial charge in [0.15, 0.2) is 4.99 Å². The first-order valence-corrected chi connectivity index (χ1v) is 6.58. The van der Waals surface area contributed by atoms with Gasteiger partial charge in [0.2, 0.25) is 11.8 Å². The Balaban J connectivity index is 2.41. The van der Waals surface area contributed by atoms with E-state index >= 15 is 0 Å². The fourth-order valence-electron chi connectivity index (χ4n) is 1.50. The van der Waals surface area contributed by atoms with Crippen molar-refractivity contribution in [3.8, 4) is 5.75 Å². The number of nitrogens with one attached hydrogen (secondary N) is 2. The Morgan fingerprint density at radius 2 is 1.82 bits per heavy atom. The number of carbonyl (C=O) groups is 3. The molecule has 0 radical (unpaired) electrons. The Hall–Kier alpha value is -2.52. The zero-order chi connectivity index (χ0) is 16.7. The Bertz CT molecular complexity index is 588. The van der Waals surface area contributed by atoms with E-state index in [0.29, 0.717) is 0 Å². The first-order chi connectivity index (χ1) is 10.3. The third-order valence-electron chi connectivity index (χ3n) is 2.60. The van der Waals surface area contributed by atoms with Crippen LogP contribution in [-0.4, -0.2) is 45.6 Å². The number of carboxylic acids is 1. The second-order valence-corrected chi connectivity index (χ2v) is 4.79. The maximum atomic E-state index is 11.7. The normalized spacial score (nSPS) is 11.3. The second kappa shape index (κ2) is 8.05. The molecule has 6 N–H and O–H groups in total. The number of aliphatic carboxylic acids is 1. The molecule has 0 saturated heterocycles. The molecule has 0 spiro atoms. The summed E-state index contributed by atoms with van der Waals surface area (Å²) in [6.07, 6.45) is 0.223. The van der Waals surface area contributed by atoms with Gasteiger partial charge in [0.05, 0.1) is 12.6 Å². The Morgan fingerprint density at radius 3 is 2.36 bits per heavy atom. The highest BCUT2D eigenvalue weighted by Crippen LogP contribution is 2.10. The molecule has 0 fully saturated rings. The van der Waals surface area contributed by atoms with Crippen LogP contribution in [0.25, 0.3) is 0 Å². The van der Waals surface area contributed by atoms with E-state index in [9.17, 15) is 14.4 Å². The van der Waals surface area contributed by atoms with Gasteiger partial charge in [0, 0.05) is 0 Å². The molecule has 9 heteroatoms. The van der Waals surface area contributed by atoms with E-state index in [1.54, 1.807) is 12.1 Å². The van der Waals surface area contributed by atoms with Gasteiger partial charge in [-0.2, -0.15) is 0 Å². The molecule has 22 heavy (non-hydrogen) atoms. The molecule has 0 aliphatic heterocycles. The number of hydrogen-bond donors (Lipinski definition) is 5. The van der Waals surface area contributed by atoms with Gasteiger partial charge in [-0.05, 0) is 24.1 Å². The van der Waals surface area contributed by atoms with Gasteiger partial charge in [-0.25, -0.2) is 4.79 Å². The molecular weight excluding hydrogens is 310 g/mol. The first-order valence-electron chi connectivity index (χ1n) is 6.18. The maximum Gasteiger partial charge on any atom is 0.363 e. The number of nitrogens with two attached hydrogens (primary N) is 1. The summed E-state index contributed by atoms with van der Waals surface area (Å²) in [5, 5.41) is 21.9. The van der Waals surface area contributed by atoms with E-state index in [4.69, 9.17) is 15.9 Å². The van der Waals surface area contributed by atoms with Crippen molar-refractivity contribution in [1.82, 2.24) is 10.6 Å². The highest BCUT2D eigenvalue weighted by atomic mass is 32.1. The number of phenols is 1. The van der Waals surface area contributed by atoms with Gasteiger partial charge < -0.3 is 26.6 Å². The van der Waals surface area contributed by atoms with Gasteiger partial charge in [-0.3, -0.25) is 9.59 Å². The molecule has 1 rings (SSSR count). The summed E-state index contributed by atoms with van der Waals surface area (Å²) in [6, 6.07) is 5.31. The lowest BCUT2D eigenvalue weighted by atomic mass is 10.1. The van der Waals surface area contributed by atoms with E-state index in [1.165, 1.54) is 12.1 Å². The Kier molecular flexibility index (Phi) is 6.42. The lowest BCUT2D eigenvalue weighted by Gasteiger charge is -2.12. The van der Waals surface area contributed by atoms with Crippen LogP contribution in [0.3, 0.4) is 0 Å². The van der Waals surface area contributed by atoms with E-state index < -0.39 is 35.4 Å². The fraction of sp³-hybridized carbons (Fsp3) is 0.231. The average Bonchev–Trinajstić information content (AvgIpc) is 2.46. The molecule has 0 aliphatic carbocycles. The molecule has 8 nitrogen and oxygen atoms in total. The van der Waals surface area contributed by atoms with E-state index in [1.807, 2.05) is 5.32 Å². The molecule has 0 unspecified atom stereocenters. The topological polar surface area (TPSA) is 142 Å². The lowest BCUT2D eigenvalue weighted by Crippen LogP contribution is -2.47. The van der Waals surface area contributed by atoms with Crippen molar-refractivity contribution in [1.29, 1.82) is 0 Å². The zero-order valence-corrected chi connectivity index (χ0v) is 12.2. The molecule has 1 aromatic carbocycles. The van der Waals surface area contributed by atoms with Gasteiger partial charge in [0.1, 0.15) is 5.75 Å². The minimum absolute atomic E-state index is 0.104. The van der Waals surface area contributed by atoms with Crippen LogP contribution >= 0.6 is 12.2 Å². The van der Waals surface area contributed by atoms with Crippen molar-refractivity contribution in [2.75, 3.05) is 6.54 Å². The number of benzene rings is 1. The number of thiocarbonyl (C=S) groups is 1. The van der Waals surface area contributed by atoms with Crippen LogP contribution in [0.2, 0.25) is 0 Å². The molecule has 2 amide bonds. The Labute approximate surface area is 131 Å². The summed E-state index contributed by atoms with van der Waals surface area (Å²) in [4.78, 5) is 32.8. The SMILES string of the molecule is N[C@@H](Cc1ccc(O)cc1)C(=O)NCC(=O)NC(=S)C(=O)O. The predicted octanol–water partition coefficient (Wildman–Crippen LogP) is -1.09. The van der Waals surface area contributed by atoms with Gasteiger partial charge in [-0.15, -0.1) is 0 Å². The average molecular weight is 325 g/mol. The highest BCUT2D eigenvalue weighted by molar-refractivity contribution is 7.82. The van der Waals surface area contributed by atoms with Gasteiger partial charge in [0.25, 0.3) is 0 Å². The number of carboxylic acid groups (broad SMARTS) is 1. The van der Waals surface area contributed by atoms with E-state index in [0.717, 1.165) is 5.56 Å². The number of hydrogen-bond acceptors (Lipinski definition) is 6. The highest BCUT2D eigenvalue weighted by Gasteiger charge is 2.16. The molecule has 1 aromatic rings. The summed E-state index contributed by atoms with van der Waals surface area (Å²) in [7, 11) is 0. The quantitative estimate of drug-likeness (QED) is 0.433. The molecule has 0 aromatic heterocycles. The van der Waals surface area contributed by atoms with Crippen LogP contribution < -0.4 is 16.4 Å². The van der Waals surface area contributed by atoms with Crippen LogP contribution in [0.5, 0.6) is 5.75 Å². The van der Waals surface area contributed by atoms with Crippen LogP contribution in [0.1, 0.15) is 5.56 Å². The van der Waals surface area contributed by atoms with Crippen molar-refractivity contribution in [3.05, 3.63) is 29.8 Å². The predicted molar refractivity (Wildman–Crippen MR) is 81.2 cm³/mol. The van der Waals surface area contributed by atoms with Crippen molar-refractivity contribution in [2.24, 2.45) is 5.73 Å². The third-order valence-corrected chi connectivity index (χ3v) is 2.88. The third kappa shape index (κ3) is 5.85. The van der Waals surface area contributed by atoms with E-state index in [-0.39, 0.29) is 12.2 Å². The number of carbonyl (C=O) groups excluding carboxylic acids is 2. The van der Waals surface area contributed by atoms with Crippen LogP contribution in [0.4, 0.5) is 0 Å². The molecule has 0 saturated carbocycles. The standard InChI is InChI=1S/C13H15N3O5S/c14-9(5-7-1-3-8(17)4-2-7)11(19)15-6-10(18)16-12(22)13(20)21/h1-4,9,17H,5-6,14H2,(H,15,19)(H,20,21)(H,16,18,22)/t9-/m0/s1. The summed E-state index contributed by atoms with van der Waals surface area (Å²) in [6.45, 7) is -0.435. The largest absolute Gasteiger partial charge is 0.508 e. The van der Waals surface area contributed by atoms with Crippen molar-refractivity contribution >= 4 is 35.0 Å². The minimum atomic E-state index is -1.43. The van der Waals surface area contributed by atoms with Crippen molar-refractivity contribution < 1.29 is 24.6 Å². The number of aromatic hydroxyl groups is 1. The Morgan fingerprint density at radius 1 is 1.23 bits per heavy atom. The van der Waals surface area contributed by atoms with E-state index in [2.05, 4.69) is 17.5 Å². The van der Waals surface area contributed by atoms with Crippen LogP contribution in [0.15, 0.2) is 24.3 Å². The zero-order valence-electron chi connectivity index (χ0n) is 11.4. The minimum Gasteiger partial charge on any atom is -0.508 e. The monoisotopic (exact) mass is 325 g/mol. The summed E-state index contributed by atoms with van der Waals surface area (Å²) in [5.74, 6) is -2.64. The van der Waals surface area contributed by atoms with Crippen LogP contribution in [0, 0.1) is 0 Å². The van der Waals surface area contributed by atoms with Crippen LogP contribution in [-0.2, 0) is 20.8 Å². The molecular formula is C13H15N3O5S. The maximum absolute atomic E-state index is 11.7.